The number of methoxy groups -OCH3 is 1. The van der Waals surface area contributed by atoms with Gasteiger partial charge in [0.05, 0.1) is 23.8 Å². The standard InChI is InChI=1S/C20H18ClFN2O4/c1-26-12-28-19-10-17(21)14(11-23)9-16(19)15-8-13(2-3-18(15)22)20(25)24-4-6-27-7-5-24/h2-3,8-10H,4-7,12H2,1H3. The number of benzene rings is 2. The van der Waals surface area contributed by atoms with Crippen molar-refractivity contribution >= 4 is 17.5 Å². The van der Waals surface area contributed by atoms with Gasteiger partial charge < -0.3 is 19.1 Å². The Morgan fingerprint density at radius 2 is 2.04 bits per heavy atom. The van der Waals surface area contributed by atoms with Crippen LogP contribution in [0.5, 0.6) is 5.75 Å². The van der Waals surface area contributed by atoms with Gasteiger partial charge in [-0.1, -0.05) is 11.6 Å². The Labute approximate surface area is 167 Å². The molecule has 6 nitrogen and oxygen atoms in total. The Morgan fingerprint density at radius 1 is 1.29 bits per heavy atom. The third-order valence-corrected chi connectivity index (χ3v) is 4.64. The molecule has 0 aliphatic carbocycles. The third-order valence-electron chi connectivity index (χ3n) is 4.32. The quantitative estimate of drug-likeness (QED) is 0.713. The van der Waals surface area contributed by atoms with Gasteiger partial charge in [0.25, 0.3) is 5.91 Å². The van der Waals surface area contributed by atoms with E-state index >= 15 is 0 Å². The van der Waals surface area contributed by atoms with Crippen LogP contribution in [-0.4, -0.2) is 51.0 Å². The minimum atomic E-state index is -0.549. The fourth-order valence-electron chi connectivity index (χ4n) is 2.91. The first-order valence-electron chi connectivity index (χ1n) is 8.57. The van der Waals surface area contributed by atoms with Gasteiger partial charge in [-0.25, -0.2) is 4.39 Å². The van der Waals surface area contributed by atoms with E-state index in [1.54, 1.807) is 4.90 Å². The summed E-state index contributed by atoms with van der Waals surface area (Å²) >= 11 is 6.08. The zero-order chi connectivity index (χ0) is 20.1. The van der Waals surface area contributed by atoms with Gasteiger partial charge >= 0.3 is 0 Å². The van der Waals surface area contributed by atoms with E-state index in [0.717, 1.165) is 0 Å². The second-order valence-electron chi connectivity index (χ2n) is 6.09. The van der Waals surface area contributed by atoms with E-state index < -0.39 is 5.82 Å². The van der Waals surface area contributed by atoms with E-state index in [-0.39, 0.29) is 34.6 Å². The number of hydrogen-bond donors (Lipinski definition) is 0. The molecule has 28 heavy (non-hydrogen) atoms. The van der Waals surface area contributed by atoms with Crippen molar-refractivity contribution in [3.8, 4) is 22.9 Å². The maximum absolute atomic E-state index is 14.7. The molecule has 0 N–H and O–H groups in total. The number of halogens is 2. The van der Waals surface area contributed by atoms with Crippen molar-refractivity contribution in [3.63, 3.8) is 0 Å². The fraction of sp³-hybridized carbons (Fsp3) is 0.300. The first kappa shape index (κ1) is 20.1. The van der Waals surface area contributed by atoms with Gasteiger partial charge in [-0.15, -0.1) is 0 Å². The van der Waals surface area contributed by atoms with Crippen LogP contribution in [-0.2, 0) is 9.47 Å². The first-order valence-corrected chi connectivity index (χ1v) is 8.95. The minimum absolute atomic E-state index is 0.0801. The van der Waals surface area contributed by atoms with Crippen molar-refractivity contribution in [3.05, 3.63) is 52.3 Å². The molecule has 0 aromatic heterocycles. The number of hydrogen-bond acceptors (Lipinski definition) is 5. The van der Waals surface area contributed by atoms with Crippen molar-refractivity contribution in [2.24, 2.45) is 0 Å². The summed E-state index contributed by atoms with van der Waals surface area (Å²) in [6.45, 7) is 1.82. The van der Waals surface area contributed by atoms with Crippen LogP contribution in [0.1, 0.15) is 15.9 Å². The molecule has 0 unspecified atom stereocenters. The van der Waals surface area contributed by atoms with Crippen LogP contribution in [0, 0.1) is 17.1 Å². The smallest absolute Gasteiger partial charge is 0.254 e. The number of carbonyl (C=O) groups excluding carboxylic acids is 1. The first-order chi connectivity index (χ1) is 13.5. The molecule has 1 saturated heterocycles. The molecule has 0 bridgehead atoms. The number of carbonyl (C=O) groups is 1. The molecule has 0 atom stereocenters. The highest BCUT2D eigenvalue weighted by Gasteiger charge is 2.21. The monoisotopic (exact) mass is 404 g/mol. The lowest BCUT2D eigenvalue weighted by atomic mass is 9.99. The maximum atomic E-state index is 14.7. The average molecular weight is 405 g/mol. The van der Waals surface area contributed by atoms with Crippen LogP contribution in [0.4, 0.5) is 4.39 Å². The SMILES string of the molecule is COCOc1cc(Cl)c(C#N)cc1-c1cc(C(=O)N2CCOCC2)ccc1F. The Balaban J connectivity index is 2.05. The lowest BCUT2D eigenvalue weighted by Crippen LogP contribution is -2.40. The maximum Gasteiger partial charge on any atom is 0.254 e. The summed E-state index contributed by atoms with van der Waals surface area (Å²) in [5, 5.41) is 9.45. The molecule has 2 aromatic rings. The van der Waals surface area contributed by atoms with Crippen LogP contribution in [0.15, 0.2) is 30.3 Å². The molecule has 1 amide bonds. The molecule has 146 valence electrons. The predicted molar refractivity (Wildman–Crippen MR) is 101 cm³/mol. The number of nitrogens with zero attached hydrogens (tertiary/aromatic N) is 2. The van der Waals surface area contributed by atoms with Crippen molar-refractivity contribution in [1.82, 2.24) is 4.90 Å². The predicted octanol–water partition coefficient (Wildman–Crippen LogP) is 3.47. The van der Waals surface area contributed by atoms with E-state index in [1.807, 2.05) is 6.07 Å². The highest BCUT2D eigenvalue weighted by molar-refractivity contribution is 6.32. The molecule has 0 saturated carbocycles. The van der Waals surface area contributed by atoms with Crippen LogP contribution in [0.2, 0.25) is 5.02 Å². The molecule has 1 heterocycles. The molecule has 1 aliphatic heterocycles. The molecule has 3 rings (SSSR count). The van der Waals surface area contributed by atoms with Crippen LogP contribution in [0.3, 0.4) is 0 Å². The topological polar surface area (TPSA) is 71.8 Å². The lowest BCUT2D eigenvalue weighted by molar-refractivity contribution is 0.0303. The zero-order valence-corrected chi connectivity index (χ0v) is 16.0. The van der Waals surface area contributed by atoms with E-state index in [9.17, 15) is 14.4 Å². The van der Waals surface area contributed by atoms with Gasteiger partial charge in [-0.3, -0.25) is 4.79 Å². The minimum Gasteiger partial charge on any atom is -0.467 e. The number of ether oxygens (including phenoxy) is 3. The van der Waals surface area contributed by atoms with Crippen molar-refractivity contribution in [1.29, 1.82) is 5.26 Å². The van der Waals surface area contributed by atoms with Gasteiger partial charge in [-0.2, -0.15) is 5.26 Å². The van der Waals surface area contributed by atoms with Crippen molar-refractivity contribution < 1.29 is 23.4 Å². The van der Waals surface area contributed by atoms with Crippen LogP contribution >= 0.6 is 11.6 Å². The number of rotatable bonds is 5. The Kier molecular flexibility index (Phi) is 6.47. The summed E-state index contributed by atoms with van der Waals surface area (Å²) in [6, 6.07) is 8.96. The molecular weight excluding hydrogens is 387 g/mol. The fourth-order valence-corrected chi connectivity index (χ4v) is 3.10. The summed E-state index contributed by atoms with van der Waals surface area (Å²) in [5.41, 5.74) is 0.959. The van der Waals surface area contributed by atoms with Gasteiger partial charge in [0.2, 0.25) is 0 Å². The number of amides is 1. The normalized spacial score (nSPS) is 13.9. The highest BCUT2D eigenvalue weighted by Crippen LogP contribution is 2.37. The van der Waals surface area contributed by atoms with E-state index in [0.29, 0.717) is 37.4 Å². The molecule has 1 aliphatic rings. The van der Waals surface area contributed by atoms with Crippen LogP contribution in [0.25, 0.3) is 11.1 Å². The Morgan fingerprint density at radius 3 is 2.71 bits per heavy atom. The lowest BCUT2D eigenvalue weighted by Gasteiger charge is -2.27. The summed E-state index contributed by atoms with van der Waals surface area (Å²) in [7, 11) is 1.45. The molecule has 8 heteroatoms. The van der Waals surface area contributed by atoms with E-state index in [2.05, 4.69) is 0 Å². The van der Waals surface area contributed by atoms with Gasteiger partial charge in [0, 0.05) is 43.0 Å². The van der Waals surface area contributed by atoms with Gasteiger partial charge in [0.15, 0.2) is 6.79 Å². The summed E-state index contributed by atoms with van der Waals surface area (Å²) in [6.07, 6.45) is 0. The van der Waals surface area contributed by atoms with Gasteiger partial charge in [0.1, 0.15) is 17.6 Å². The Bertz CT molecular complexity index is 923. The average Bonchev–Trinajstić information content (AvgIpc) is 2.73. The molecule has 0 spiro atoms. The van der Waals surface area contributed by atoms with Crippen molar-refractivity contribution in [2.75, 3.05) is 40.2 Å². The van der Waals surface area contributed by atoms with Gasteiger partial charge in [-0.05, 0) is 24.3 Å². The molecule has 2 aromatic carbocycles. The Hall–Kier alpha value is -2.66. The van der Waals surface area contributed by atoms with E-state index in [1.165, 1.54) is 37.4 Å². The van der Waals surface area contributed by atoms with Crippen molar-refractivity contribution in [2.45, 2.75) is 0 Å². The molecule has 1 fully saturated rings. The molecular formula is C20H18ClFN2O4. The molecule has 0 radical (unpaired) electrons. The second-order valence-corrected chi connectivity index (χ2v) is 6.50. The second kappa shape index (κ2) is 9.02. The third kappa shape index (κ3) is 4.25. The summed E-state index contributed by atoms with van der Waals surface area (Å²) in [5.74, 6) is -0.508. The van der Waals surface area contributed by atoms with E-state index in [4.69, 9.17) is 25.8 Å². The van der Waals surface area contributed by atoms with Crippen LogP contribution < -0.4 is 4.74 Å². The number of nitriles is 1. The summed E-state index contributed by atoms with van der Waals surface area (Å²) in [4.78, 5) is 14.4. The zero-order valence-electron chi connectivity index (χ0n) is 15.2. The number of morpholine rings is 1. The largest absolute Gasteiger partial charge is 0.467 e. The highest BCUT2D eigenvalue weighted by atomic mass is 35.5. The summed E-state index contributed by atoms with van der Waals surface area (Å²) < 4.78 is 30.3.